The van der Waals surface area contributed by atoms with Crippen LogP contribution in [0.25, 0.3) is 6.08 Å². The Bertz CT molecular complexity index is 625. The largest absolute Gasteiger partial charge is 0.227 e. The Balaban J connectivity index is 0.000000461. The second kappa shape index (κ2) is 8.48. The third-order valence-electron chi connectivity index (χ3n) is 3.75. The lowest BCUT2D eigenvalue weighted by molar-refractivity contribution is 0.543. The number of benzene rings is 1. The van der Waals surface area contributed by atoms with Gasteiger partial charge in [0, 0.05) is 11.5 Å². The zero-order valence-corrected chi connectivity index (χ0v) is 15.4. The van der Waals surface area contributed by atoms with Crippen molar-refractivity contribution in [3.63, 3.8) is 0 Å². The summed E-state index contributed by atoms with van der Waals surface area (Å²) in [4.78, 5) is 0. The Hall–Kier alpha value is -1.14. The van der Waals surface area contributed by atoms with E-state index in [0.29, 0.717) is 0 Å². The molecule has 1 aromatic rings. The van der Waals surface area contributed by atoms with Crippen molar-refractivity contribution in [2.45, 2.75) is 38.2 Å². The predicted molar refractivity (Wildman–Crippen MR) is 94.2 cm³/mol. The van der Waals surface area contributed by atoms with E-state index in [9.17, 15) is 16.8 Å². The highest BCUT2D eigenvalue weighted by Gasteiger charge is 2.47. The fourth-order valence-electron chi connectivity index (χ4n) is 1.83. The molecule has 1 rings (SSSR count). The molecule has 0 aliphatic rings. The zero-order valence-electron chi connectivity index (χ0n) is 13.7. The zero-order chi connectivity index (χ0) is 17.4. The summed E-state index contributed by atoms with van der Waals surface area (Å²) in [6.07, 6.45) is 1.93. The van der Waals surface area contributed by atoms with Crippen molar-refractivity contribution in [3.05, 3.63) is 42.5 Å². The first-order valence-corrected chi connectivity index (χ1v) is 10.5. The smallest absolute Gasteiger partial charge is 0.170 e. The van der Waals surface area contributed by atoms with Gasteiger partial charge in [-0.1, -0.05) is 63.8 Å². The lowest BCUT2D eigenvalue weighted by Crippen LogP contribution is -2.44. The molecular formula is C16H26O4S2. The van der Waals surface area contributed by atoms with Gasteiger partial charge in [0.1, 0.15) is 0 Å². The minimum Gasteiger partial charge on any atom is -0.227 e. The van der Waals surface area contributed by atoms with Crippen LogP contribution in [0, 0.1) is 0 Å². The van der Waals surface area contributed by atoms with Gasteiger partial charge >= 0.3 is 0 Å². The van der Waals surface area contributed by atoms with Crippen molar-refractivity contribution in [3.8, 4) is 0 Å². The monoisotopic (exact) mass is 346 g/mol. The molecule has 0 unspecified atom stereocenters. The van der Waals surface area contributed by atoms with Crippen LogP contribution in [0.3, 0.4) is 0 Å². The van der Waals surface area contributed by atoms with Gasteiger partial charge in [-0.2, -0.15) is 0 Å². The van der Waals surface area contributed by atoms with E-state index in [1.54, 1.807) is 6.92 Å². The molecule has 0 bridgehead atoms. The molecule has 0 atom stereocenters. The lowest BCUT2D eigenvalue weighted by atomic mass is 10.2. The van der Waals surface area contributed by atoms with E-state index >= 15 is 0 Å². The lowest BCUT2D eigenvalue weighted by Gasteiger charge is -2.26. The Morgan fingerprint density at radius 2 is 1.36 bits per heavy atom. The summed E-state index contributed by atoms with van der Waals surface area (Å²) in [7, 11) is -7.14. The van der Waals surface area contributed by atoms with Gasteiger partial charge < -0.3 is 0 Å². The maximum absolute atomic E-state index is 11.7. The molecule has 0 aliphatic carbocycles. The molecule has 0 amide bonds. The van der Waals surface area contributed by atoms with Gasteiger partial charge in [-0.05, 0) is 18.9 Å². The summed E-state index contributed by atoms with van der Waals surface area (Å²) >= 11 is 0. The Morgan fingerprint density at radius 1 is 0.955 bits per heavy atom. The van der Waals surface area contributed by atoms with Crippen LogP contribution in [0.15, 0.2) is 36.9 Å². The molecule has 0 radical (unpaired) electrons. The quantitative estimate of drug-likeness (QED) is 0.792. The van der Waals surface area contributed by atoms with Gasteiger partial charge in [-0.15, -0.1) is 0 Å². The first kappa shape index (κ1) is 20.9. The van der Waals surface area contributed by atoms with Crippen molar-refractivity contribution in [1.82, 2.24) is 0 Å². The van der Waals surface area contributed by atoms with Crippen LogP contribution in [0.4, 0.5) is 0 Å². The van der Waals surface area contributed by atoms with Crippen molar-refractivity contribution in [1.29, 1.82) is 0 Å². The van der Waals surface area contributed by atoms with E-state index in [1.807, 2.05) is 36.4 Å². The molecule has 0 fully saturated rings. The minimum absolute atomic E-state index is 0.0966. The molecular weight excluding hydrogens is 320 g/mol. The number of sulfone groups is 2. The van der Waals surface area contributed by atoms with E-state index < -0.39 is 23.8 Å². The highest BCUT2D eigenvalue weighted by atomic mass is 32.3. The molecule has 0 heterocycles. The summed E-state index contributed by atoms with van der Waals surface area (Å²) in [5, 5.41) is 0. The topological polar surface area (TPSA) is 68.3 Å². The van der Waals surface area contributed by atoms with Crippen molar-refractivity contribution in [2.24, 2.45) is 0 Å². The first-order chi connectivity index (χ1) is 10.1. The molecule has 4 nitrogen and oxygen atoms in total. The Kier molecular flexibility index (Phi) is 8.04. The second-order valence-corrected chi connectivity index (χ2v) is 10.6. The molecule has 0 aliphatic heterocycles. The summed E-state index contributed by atoms with van der Waals surface area (Å²) < 4.78 is 45.1. The van der Waals surface area contributed by atoms with Gasteiger partial charge in [-0.25, -0.2) is 16.8 Å². The van der Waals surface area contributed by atoms with Crippen molar-refractivity contribution in [2.75, 3.05) is 11.5 Å². The summed E-state index contributed by atoms with van der Waals surface area (Å²) in [5.41, 5.74) is 1.17. The highest BCUT2D eigenvalue weighted by molar-refractivity contribution is 8.10. The van der Waals surface area contributed by atoms with Gasteiger partial charge in [0.2, 0.25) is 0 Å². The fourth-order valence-corrected chi connectivity index (χ4v) is 6.19. The van der Waals surface area contributed by atoms with Gasteiger partial charge in [-0.3, -0.25) is 0 Å². The van der Waals surface area contributed by atoms with Crippen LogP contribution in [0.5, 0.6) is 0 Å². The molecule has 1 aromatic carbocycles. The minimum atomic E-state index is -3.57. The van der Waals surface area contributed by atoms with E-state index in [4.69, 9.17) is 0 Å². The van der Waals surface area contributed by atoms with Crippen molar-refractivity contribution >= 4 is 25.8 Å². The first-order valence-electron chi connectivity index (χ1n) is 7.23. The fraction of sp³-hybridized carbons (Fsp3) is 0.500. The summed E-state index contributed by atoms with van der Waals surface area (Å²) in [6, 6.07) is 10.0. The van der Waals surface area contributed by atoms with Crippen LogP contribution >= 0.6 is 0 Å². The molecule has 0 aromatic heterocycles. The molecule has 6 heteroatoms. The second-order valence-electron chi connectivity index (χ2n) is 4.91. The number of rotatable bonds is 6. The summed E-state index contributed by atoms with van der Waals surface area (Å²) in [5.74, 6) is -0.285. The van der Waals surface area contributed by atoms with Crippen LogP contribution in [-0.4, -0.2) is 32.4 Å². The maximum atomic E-state index is 11.7. The van der Waals surface area contributed by atoms with E-state index in [0.717, 1.165) is 0 Å². The van der Waals surface area contributed by atoms with Gasteiger partial charge in [0.15, 0.2) is 23.8 Å². The average Bonchev–Trinajstić information content (AvgIpc) is 2.54. The van der Waals surface area contributed by atoms with Gasteiger partial charge in [0.25, 0.3) is 0 Å². The molecule has 0 saturated heterocycles. The SMILES string of the molecule is C=Cc1ccccc1.CCC(C)(S(=O)(=O)CC)S(=O)(=O)CC. The molecule has 0 saturated carbocycles. The molecule has 0 N–H and O–H groups in total. The molecule has 0 spiro atoms. The Labute approximate surface area is 135 Å². The van der Waals surface area contributed by atoms with E-state index in [2.05, 4.69) is 6.58 Å². The molecule has 126 valence electrons. The highest BCUT2D eigenvalue weighted by Crippen LogP contribution is 2.29. The normalized spacial score (nSPS) is 12.2. The van der Waals surface area contributed by atoms with Crippen LogP contribution < -0.4 is 0 Å². The third-order valence-corrected chi connectivity index (χ3v) is 10.0. The third kappa shape index (κ3) is 4.68. The number of hydrogen-bond acceptors (Lipinski definition) is 4. The van der Waals surface area contributed by atoms with Crippen molar-refractivity contribution < 1.29 is 16.8 Å². The maximum Gasteiger partial charge on any atom is 0.170 e. The Morgan fingerprint density at radius 3 is 1.59 bits per heavy atom. The molecule has 22 heavy (non-hydrogen) atoms. The predicted octanol–water partition coefficient (Wildman–Crippen LogP) is 3.31. The number of hydrogen-bond donors (Lipinski definition) is 0. The summed E-state index contributed by atoms with van der Waals surface area (Å²) in [6.45, 7) is 9.44. The van der Waals surface area contributed by atoms with Gasteiger partial charge in [0.05, 0.1) is 0 Å². The average molecular weight is 347 g/mol. The van der Waals surface area contributed by atoms with E-state index in [1.165, 1.54) is 26.3 Å². The van der Waals surface area contributed by atoms with E-state index in [-0.39, 0.29) is 17.9 Å². The standard InChI is InChI=1S/C8H18O4S2.C8H8/c1-5-8(4,13(9,10)6-2)14(11,12)7-3;1-2-8-6-4-3-5-7-8/h5-7H2,1-4H3;2-7H,1H2. The van der Waals surface area contributed by atoms with Crippen LogP contribution in [-0.2, 0) is 19.7 Å². The van der Waals surface area contributed by atoms with Crippen LogP contribution in [0.1, 0.15) is 39.7 Å². The van der Waals surface area contributed by atoms with Crippen LogP contribution in [0.2, 0.25) is 0 Å².